The number of carbonyl (C=O) groups excluding carboxylic acids is 1. The van der Waals surface area contributed by atoms with E-state index in [2.05, 4.69) is 29.6 Å². The van der Waals surface area contributed by atoms with Crippen molar-refractivity contribution >= 4 is 29.1 Å². The van der Waals surface area contributed by atoms with Gasteiger partial charge in [0.15, 0.2) is 0 Å². The predicted molar refractivity (Wildman–Crippen MR) is 122 cm³/mol. The average molecular weight is 413 g/mol. The Hall–Kier alpha value is -2.56. The molecule has 0 bridgehead atoms. The monoisotopic (exact) mass is 412 g/mol. The Morgan fingerprint density at radius 2 is 1.69 bits per heavy atom. The molecule has 0 aliphatic rings. The Balaban J connectivity index is 0.00000300. The average Bonchev–Trinajstić information content (AvgIpc) is 2.71. The molecule has 0 atom stereocenters. The van der Waals surface area contributed by atoms with E-state index in [0.29, 0.717) is 18.7 Å². The fourth-order valence-electron chi connectivity index (χ4n) is 3.06. The minimum absolute atomic E-state index is 0. The SMILES string of the molecule is CN(C)CCNC(=O)c1ccc2cc(OCCCc3ccccc3)ccc2c1.Cl. The van der Waals surface area contributed by atoms with Crippen LogP contribution in [0.3, 0.4) is 0 Å². The third-order valence-corrected chi connectivity index (χ3v) is 4.64. The fraction of sp³-hybridized carbons (Fsp3) is 0.292. The first-order chi connectivity index (χ1) is 13.6. The standard InChI is InChI=1S/C24H28N2O2.ClH/c1-26(2)15-14-25-24(27)22-11-10-21-18-23(13-12-20(21)17-22)28-16-6-9-19-7-4-3-5-8-19;/h3-5,7-8,10-13,17-18H,6,9,14-16H2,1-2H3,(H,25,27);1H. The number of nitrogens with one attached hydrogen (secondary N) is 1. The molecular weight excluding hydrogens is 384 g/mol. The van der Waals surface area contributed by atoms with Crippen LogP contribution in [0.4, 0.5) is 0 Å². The first kappa shape index (κ1) is 22.7. The van der Waals surface area contributed by atoms with Crippen LogP contribution in [-0.2, 0) is 6.42 Å². The molecule has 1 amide bonds. The van der Waals surface area contributed by atoms with Crippen LogP contribution in [0.15, 0.2) is 66.7 Å². The van der Waals surface area contributed by atoms with Gasteiger partial charge in [0.2, 0.25) is 0 Å². The van der Waals surface area contributed by atoms with Crippen molar-refractivity contribution in [3.05, 3.63) is 77.9 Å². The number of fused-ring (bicyclic) bond motifs is 1. The molecule has 0 unspecified atom stereocenters. The Labute approximate surface area is 179 Å². The zero-order chi connectivity index (χ0) is 19.8. The topological polar surface area (TPSA) is 41.6 Å². The normalized spacial score (nSPS) is 10.6. The Kier molecular flexibility index (Phi) is 8.97. The minimum atomic E-state index is -0.0370. The van der Waals surface area contributed by atoms with Crippen LogP contribution in [0.5, 0.6) is 5.75 Å². The van der Waals surface area contributed by atoms with Crippen LogP contribution in [-0.4, -0.2) is 44.6 Å². The maximum absolute atomic E-state index is 12.3. The summed E-state index contributed by atoms with van der Waals surface area (Å²) < 4.78 is 5.91. The molecule has 1 N–H and O–H groups in total. The van der Waals surface area contributed by atoms with E-state index in [-0.39, 0.29) is 18.3 Å². The van der Waals surface area contributed by atoms with E-state index in [1.165, 1.54) is 5.56 Å². The van der Waals surface area contributed by atoms with Crippen LogP contribution >= 0.6 is 12.4 Å². The lowest BCUT2D eigenvalue weighted by molar-refractivity contribution is 0.0951. The van der Waals surface area contributed by atoms with Crippen molar-refractivity contribution in [2.45, 2.75) is 12.8 Å². The molecule has 0 aliphatic heterocycles. The van der Waals surface area contributed by atoms with E-state index in [1.807, 2.05) is 61.5 Å². The lowest BCUT2D eigenvalue weighted by atomic mass is 10.1. The van der Waals surface area contributed by atoms with Crippen molar-refractivity contribution in [3.63, 3.8) is 0 Å². The van der Waals surface area contributed by atoms with Gasteiger partial charge in [-0.25, -0.2) is 0 Å². The molecule has 0 aromatic heterocycles. The summed E-state index contributed by atoms with van der Waals surface area (Å²) >= 11 is 0. The lowest BCUT2D eigenvalue weighted by Gasteiger charge is -2.11. The highest BCUT2D eigenvalue weighted by molar-refractivity contribution is 5.98. The second-order valence-corrected chi connectivity index (χ2v) is 7.22. The van der Waals surface area contributed by atoms with Gasteiger partial charge in [0, 0.05) is 18.7 Å². The fourth-order valence-corrected chi connectivity index (χ4v) is 3.06. The number of aryl methyl sites for hydroxylation is 1. The van der Waals surface area contributed by atoms with Gasteiger partial charge in [0.1, 0.15) is 5.75 Å². The highest BCUT2D eigenvalue weighted by Gasteiger charge is 2.07. The van der Waals surface area contributed by atoms with Gasteiger partial charge in [-0.2, -0.15) is 0 Å². The molecule has 3 aromatic carbocycles. The van der Waals surface area contributed by atoms with Gasteiger partial charge in [-0.15, -0.1) is 12.4 Å². The number of halogens is 1. The molecule has 0 spiro atoms. The van der Waals surface area contributed by atoms with Gasteiger partial charge in [-0.1, -0.05) is 42.5 Å². The number of hydrogen-bond donors (Lipinski definition) is 1. The van der Waals surface area contributed by atoms with Crippen LogP contribution in [0, 0.1) is 0 Å². The van der Waals surface area contributed by atoms with E-state index in [1.54, 1.807) is 0 Å². The third-order valence-electron chi connectivity index (χ3n) is 4.64. The van der Waals surface area contributed by atoms with Gasteiger partial charge in [-0.3, -0.25) is 4.79 Å². The molecule has 0 radical (unpaired) electrons. The number of amides is 1. The van der Waals surface area contributed by atoms with Crippen molar-refractivity contribution < 1.29 is 9.53 Å². The summed E-state index contributed by atoms with van der Waals surface area (Å²) in [6.07, 6.45) is 1.99. The van der Waals surface area contributed by atoms with Gasteiger partial charge < -0.3 is 15.0 Å². The van der Waals surface area contributed by atoms with Crippen molar-refractivity contribution in [2.75, 3.05) is 33.8 Å². The maximum atomic E-state index is 12.3. The number of likely N-dealkylation sites (N-methyl/N-ethyl adjacent to an activating group) is 1. The Morgan fingerprint density at radius 1 is 0.966 bits per heavy atom. The molecule has 5 heteroatoms. The summed E-state index contributed by atoms with van der Waals surface area (Å²) in [5.41, 5.74) is 2.02. The summed E-state index contributed by atoms with van der Waals surface area (Å²) in [5.74, 6) is 0.828. The van der Waals surface area contributed by atoms with E-state index >= 15 is 0 Å². The summed E-state index contributed by atoms with van der Waals surface area (Å²) in [6.45, 7) is 2.15. The highest BCUT2D eigenvalue weighted by atomic mass is 35.5. The maximum Gasteiger partial charge on any atom is 0.251 e. The molecule has 0 saturated heterocycles. The molecule has 4 nitrogen and oxygen atoms in total. The number of ether oxygens (including phenoxy) is 1. The molecule has 3 rings (SSSR count). The third kappa shape index (κ3) is 7.08. The van der Waals surface area contributed by atoms with Gasteiger partial charge in [0.05, 0.1) is 6.61 Å². The molecule has 154 valence electrons. The second-order valence-electron chi connectivity index (χ2n) is 7.22. The number of nitrogens with zero attached hydrogens (tertiary/aromatic N) is 1. The van der Waals surface area contributed by atoms with Crippen LogP contribution in [0.1, 0.15) is 22.3 Å². The summed E-state index contributed by atoms with van der Waals surface area (Å²) in [7, 11) is 3.98. The van der Waals surface area contributed by atoms with E-state index in [0.717, 1.165) is 35.9 Å². The molecule has 0 heterocycles. The van der Waals surface area contributed by atoms with Crippen LogP contribution in [0.25, 0.3) is 10.8 Å². The molecule has 0 aliphatic carbocycles. The Morgan fingerprint density at radius 3 is 2.45 bits per heavy atom. The number of rotatable bonds is 9. The highest BCUT2D eigenvalue weighted by Crippen LogP contribution is 2.22. The smallest absolute Gasteiger partial charge is 0.251 e. The molecule has 0 fully saturated rings. The first-order valence-corrected chi connectivity index (χ1v) is 9.75. The molecular formula is C24H29ClN2O2. The van der Waals surface area contributed by atoms with Gasteiger partial charge in [-0.05, 0) is 67.5 Å². The zero-order valence-corrected chi connectivity index (χ0v) is 17.9. The van der Waals surface area contributed by atoms with Gasteiger partial charge >= 0.3 is 0 Å². The zero-order valence-electron chi connectivity index (χ0n) is 17.1. The van der Waals surface area contributed by atoms with Crippen molar-refractivity contribution in [1.29, 1.82) is 0 Å². The predicted octanol–water partition coefficient (Wildman–Crippen LogP) is 4.56. The van der Waals surface area contributed by atoms with Crippen molar-refractivity contribution in [2.24, 2.45) is 0 Å². The van der Waals surface area contributed by atoms with Crippen LogP contribution < -0.4 is 10.1 Å². The van der Waals surface area contributed by atoms with Crippen LogP contribution in [0.2, 0.25) is 0 Å². The van der Waals surface area contributed by atoms with E-state index in [9.17, 15) is 4.79 Å². The summed E-state index contributed by atoms with van der Waals surface area (Å²) in [6, 6.07) is 22.2. The minimum Gasteiger partial charge on any atom is -0.494 e. The van der Waals surface area contributed by atoms with Crippen molar-refractivity contribution in [3.8, 4) is 5.75 Å². The number of benzene rings is 3. The van der Waals surface area contributed by atoms with E-state index < -0.39 is 0 Å². The first-order valence-electron chi connectivity index (χ1n) is 9.75. The number of carbonyl (C=O) groups is 1. The molecule has 3 aromatic rings. The quantitative estimate of drug-likeness (QED) is 0.523. The lowest BCUT2D eigenvalue weighted by Crippen LogP contribution is -2.31. The summed E-state index contributed by atoms with van der Waals surface area (Å²) in [5, 5.41) is 5.06. The second kappa shape index (κ2) is 11.4. The molecule has 29 heavy (non-hydrogen) atoms. The summed E-state index contributed by atoms with van der Waals surface area (Å²) in [4.78, 5) is 14.3. The van der Waals surface area contributed by atoms with Gasteiger partial charge in [0.25, 0.3) is 5.91 Å². The Bertz CT molecular complexity index is 913. The van der Waals surface area contributed by atoms with E-state index in [4.69, 9.17) is 4.74 Å². The largest absolute Gasteiger partial charge is 0.494 e. The number of hydrogen-bond acceptors (Lipinski definition) is 3. The van der Waals surface area contributed by atoms with Crippen molar-refractivity contribution in [1.82, 2.24) is 10.2 Å². The molecule has 0 saturated carbocycles.